The van der Waals surface area contributed by atoms with Crippen LogP contribution in [0.5, 0.6) is 0 Å². The number of hydrogen-bond donors (Lipinski definition) is 0. The fourth-order valence-electron chi connectivity index (χ4n) is 5.07. The van der Waals surface area contributed by atoms with Crippen molar-refractivity contribution in [3.05, 3.63) is 106 Å². The lowest BCUT2D eigenvalue weighted by Gasteiger charge is -2.33. The molecule has 0 aromatic heterocycles. The first-order valence-electron chi connectivity index (χ1n) is 14.0. The van der Waals surface area contributed by atoms with E-state index in [1.165, 1.54) is 10.5 Å². The minimum atomic E-state index is -5.36. The lowest BCUT2D eigenvalue weighted by Crippen LogP contribution is -2.47. The summed E-state index contributed by atoms with van der Waals surface area (Å²) in [7, 11) is 0. The zero-order valence-electron chi connectivity index (χ0n) is 23.5. The zero-order chi connectivity index (χ0) is 30.8. The van der Waals surface area contributed by atoms with Gasteiger partial charge in [-0.1, -0.05) is 60.7 Å². The molecule has 9 nitrogen and oxygen atoms in total. The molecule has 0 radical (unpaired) electrons. The van der Waals surface area contributed by atoms with Crippen molar-refractivity contribution in [2.75, 3.05) is 31.2 Å². The molecule has 12 heteroatoms. The molecule has 2 amide bonds. The molecule has 1 aliphatic rings. The fourth-order valence-corrected chi connectivity index (χ4v) is 5.07. The van der Waals surface area contributed by atoms with Gasteiger partial charge >= 0.3 is 18.2 Å². The summed E-state index contributed by atoms with van der Waals surface area (Å²) in [5.41, 5.74) is 1.45. The van der Waals surface area contributed by atoms with Crippen molar-refractivity contribution in [3.63, 3.8) is 0 Å². The SMILES string of the molecule is O=C(N(CCCN1CCC(Cc2ccccc2)CC1)Cc1ccccc1)N(OC(=O)C(F)(F)F)c1ccc([N+](=O)[O-])cc1. The largest absolute Gasteiger partial charge is 0.493 e. The Labute approximate surface area is 247 Å². The maximum absolute atomic E-state index is 13.7. The number of hydrogen-bond acceptors (Lipinski definition) is 6. The van der Waals surface area contributed by atoms with E-state index >= 15 is 0 Å². The van der Waals surface area contributed by atoms with Crippen molar-refractivity contribution < 1.29 is 32.5 Å². The highest BCUT2D eigenvalue weighted by Crippen LogP contribution is 2.26. The summed E-state index contributed by atoms with van der Waals surface area (Å²) >= 11 is 0. The van der Waals surface area contributed by atoms with Crippen molar-refractivity contribution in [2.24, 2.45) is 5.92 Å². The van der Waals surface area contributed by atoms with Gasteiger partial charge in [-0.3, -0.25) is 10.1 Å². The lowest BCUT2D eigenvalue weighted by atomic mass is 9.90. The molecule has 4 rings (SSSR count). The van der Waals surface area contributed by atoms with Crippen LogP contribution in [0.15, 0.2) is 84.9 Å². The van der Waals surface area contributed by atoms with Crippen LogP contribution in [0, 0.1) is 16.0 Å². The van der Waals surface area contributed by atoms with Gasteiger partial charge in [0.15, 0.2) is 0 Å². The maximum atomic E-state index is 13.7. The van der Waals surface area contributed by atoms with E-state index in [1.54, 1.807) is 30.3 Å². The van der Waals surface area contributed by atoms with E-state index < -0.39 is 23.1 Å². The molecule has 0 unspecified atom stereocenters. The number of urea groups is 1. The van der Waals surface area contributed by atoms with Crippen LogP contribution < -0.4 is 5.06 Å². The lowest BCUT2D eigenvalue weighted by molar-refractivity contribution is -0.384. The van der Waals surface area contributed by atoms with Crippen molar-refractivity contribution in [3.8, 4) is 0 Å². The van der Waals surface area contributed by atoms with E-state index in [1.807, 2.05) is 18.2 Å². The molecule has 0 aliphatic carbocycles. The molecule has 1 aliphatic heterocycles. The number of carbonyl (C=O) groups is 2. The Kier molecular flexibility index (Phi) is 10.7. The van der Waals surface area contributed by atoms with Gasteiger partial charge < -0.3 is 14.6 Å². The third kappa shape index (κ3) is 9.27. The summed E-state index contributed by atoms with van der Waals surface area (Å²) in [5.74, 6) is -1.99. The van der Waals surface area contributed by atoms with Gasteiger partial charge in [0, 0.05) is 25.2 Å². The van der Waals surface area contributed by atoms with Crippen molar-refractivity contribution in [2.45, 2.75) is 38.4 Å². The minimum Gasteiger partial charge on any atom is -0.323 e. The Morgan fingerprint density at radius 3 is 2.05 bits per heavy atom. The third-order valence-corrected chi connectivity index (χ3v) is 7.34. The summed E-state index contributed by atoms with van der Waals surface area (Å²) in [6, 6.07) is 22.4. The highest BCUT2D eigenvalue weighted by atomic mass is 19.4. The second-order valence-corrected chi connectivity index (χ2v) is 10.5. The quantitative estimate of drug-likeness (QED) is 0.198. The minimum absolute atomic E-state index is 0.0475. The summed E-state index contributed by atoms with van der Waals surface area (Å²) in [6.45, 7) is 2.71. The molecular formula is C31H33F3N4O5. The standard InChI is InChI=1S/C31H33F3N4O5/c32-31(33,34)29(39)43-37(27-12-14-28(15-13-27)38(41)42)30(40)36(23-26-10-5-2-6-11-26)19-7-18-35-20-16-25(17-21-35)22-24-8-3-1-4-9-24/h1-6,8-15,25H,7,16-23H2. The van der Waals surface area contributed by atoms with Crippen LogP contribution in [0.4, 0.5) is 29.3 Å². The topological polar surface area (TPSA) is 96.2 Å². The number of non-ortho nitro benzene ring substituents is 1. The van der Waals surface area contributed by atoms with Gasteiger partial charge in [0.1, 0.15) is 0 Å². The molecule has 1 saturated heterocycles. The number of carbonyl (C=O) groups excluding carboxylic acids is 2. The molecule has 1 fully saturated rings. The molecule has 43 heavy (non-hydrogen) atoms. The predicted octanol–water partition coefficient (Wildman–Crippen LogP) is 6.39. The number of piperidine rings is 1. The average Bonchev–Trinajstić information content (AvgIpc) is 3.00. The van der Waals surface area contributed by atoms with Crippen molar-refractivity contribution >= 4 is 23.4 Å². The van der Waals surface area contributed by atoms with Gasteiger partial charge in [-0.2, -0.15) is 13.2 Å². The van der Waals surface area contributed by atoms with Gasteiger partial charge in [0.25, 0.3) is 5.69 Å². The summed E-state index contributed by atoms with van der Waals surface area (Å²) in [6.07, 6.45) is -1.71. The number of alkyl halides is 3. The Balaban J connectivity index is 1.44. The smallest absolute Gasteiger partial charge is 0.323 e. The number of nitro benzene ring substituents is 1. The van der Waals surface area contributed by atoms with E-state index in [4.69, 9.17) is 0 Å². The van der Waals surface area contributed by atoms with Crippen molar-refractivity contribution in [1.29, 1.82) is 0 Å². The maximum Gasteiger partial charge on any atom is 0.493 e. The Bertz CT molecular complexity index is 1350. The molecule has 0 bridgehead atoms. The predicted molar refractivity (Wildman–Crippen MR) is 154 cm³/mol. The number of rotatable bonds is 10. The fraction of sp³-hybridized carbons (Fsp3) is 0.355. The Morgan fingerprint density at radius 2 is 1.49 bits per heavy atom. The van der Waals surface area contributed by atoms with Crippen LogP contribution in [-0.2, 0) is 22.6 Å². The molecule has 0 atom stereocenters. The molecular weight excluding hydrogens is 565 g/mol. The number of hydroxylamine groups is 1. The van der Waals surface area contributed by atoms with Crippen LogP contribution in [-0.4, -0.2) is 59.1 Å². The first kappa shape index (κ1) is 31.5. The van der Waals surface area contributed by atoms with Gasteiger partial charge in [-0.05, 0) is 74.5 Å². The molecule has 228 valence electrons. The highest BCUT2D eigenvalue weighted by Gasteiger charge is 2.44. The van der Waals surface area contributed by atoms with E-state index in [-0.39, 0.29) is 29.5 Å². The first-order valence-corrected chi connectivity index (χ1v) is 14.0. The molecule has 0 saturated carbocycles. The number of nitro groups is 1. The second kappa shape index (κ2) is 14.6. The van der Waals surface area contributed by atoms with Gasteiger partial charge in [0.2, 0.25) is 0 Å². The first-order chi connectivity index (χ1) is 20.6. The van der Waals surface area contributed by atoms with Crippen LogP contribution >= 0.6 is 0 Å². The molecule has 3 aromatic rings. The average molecular weight is 599 g/mol. The number of halogens is 3. The number of nitrogens with zero attached hydrogens (tertiary/aromatic N) is 4. The highest BCUT2D eigenvalue weighted by molar-refractivity contribution is 5.93. The molecule has 0 spiro atoms. The summed E-state index contributed by atoms with van der Waals surface area (Å²) in [4.78, 5) is 44.0. The van der Waals surface area contributed by atoms with E-state index in [0.717, 1.165) is 62.2 Å². The molecule has 1 heterocycles. The number of anilines is 1. The molecule has 0 N–H and O–H groups in total. The van der Waals surface area contributed by atoms with E-state index in [0.29, 0.717) is 18.9 Å². The van der Waals surface area contributed by atoms with Gasteiger partial charge in [-0.25, -0.2) is 9.59 Å². The Hall–Kier alpha value is -4.45. The monoisotopic (exact) mass is 598 g/mol. The van der Waals surface area contributed by atoms with E-state index in [9.17, 15) is 32.9 Å². The zero-order valence-corrected chi connectivity index (χ0v) is 23.5. The van der Waals surface area contributed by atoms with Crippen molar-refractivity contribution in [1.82, 2.24) is 9.80 Å². The van der Waals surface area contributed by atoms with Crippen LogP contribution in [0.25, 0.3) is 0 Å². The van der Waals surface area contributed by atoms with Gasteiger partial charge in [0.05, 0.1) is 10.6 Å². The van der Waals surface area contributed by atoms with Gasteiger partial charge in [-0.15, -0.1) is 5.06 Å². The number of benzene rings is 3. The number of amides is 2. The van der Waals surface area contributed by atoms with E-state index in [2.05, 4.69) is 21.9 Å². The van der Waals surface area contributed by atoms with Crippen LogP contribution in [0.1, 0.15) is 30.4 Å². The Morgan fingerprint density at radius 1 is 0.907 bits per heavy atom. The normalized spacial score (nSPS) is 14.2. The van der Waals surface area contributed by atoms with Crippen LogP contribution in [0.2, 0.25) is 0 Å². The number of likely N-dealkylation sites (tertiary alicyclic amines) is 1. The summed E-state index contributed by atoms with van der Waals surface area (Å²) in [5, 5.41) is 11.3. The molecule has 3 aromatic carbocycles. The summed E-state index contributed by atoms with van der Waals surface area (Å²) < 4.78 is 39.4. The van der Waals surface area contributed by atoms with Crippen LogP contribution in [0.3, 0.4) is 0 Å². The third-order valence-electron chi connectivity index (χ3n) is 7.34. The second-order valence-electron chi connectivity index (χ2n) is 10.5.